The number of pyridine rings is 1. The maximum atomic E-state index is 13.7. The highest BCUT2D eigenvalue weighted by molar-refractivity contribution is 7.20. The van der Waals surface area contributed by atoms with Gasteiger partial charge in [-0.2, -0.15) is 0 Å². The van der Waals surface area contributed by atoms with Gasteiger partial charge in [0.1, 0.15) is 4.83 Å². The first-order valence-electron chi connectivity index (χ1n) is 14.9. The minimum absolute atomic E-state index is 0.00362. The number of nitrogens with zero attached hydrogens (tertiary/aromatic N) is 2. The molecule has 4 heterocycles. The van der Waals surface area contributed by atoms with E-state index in [1.54, 1.807) is 12.5 Å². The molecule has 6 heteroatoms. The van der Waals surface area contributed by atoms with Crippen molar-refractivity contribution < 1.29 is 9.21 Å². The quantitative estimate of drug-likeness (QED) is 0.251. The number of carbonyl (C=O) groups excluding carboxylic acids is 1. The molecule has 210 valence electrons. The fourth-order valence-corrected chi connectivity index (χ4v) is 7.29. The lowest BCUT2D eigenvalue weighted by Gasteiger charge is -2.34. The third kappa shape index (κ3) is 6.03. The van der Waals surface area contributed by atoms with Gasteiger partial charge in [-0.05, 0) is 97.8 Å². The summed E-state index contributed by atoms with van der Waals surface area (Å²) in [4.78, 5) is 22.9. The largest absolute Gasteiger partial charge is 0.472 e. The van der Waals surface area contributed by atoms with Crippen molar-refractivity contribution in [3.8, 4) is 11.1 Å². The van der Waals surface area contributed by atoms with Crippen LogP contribution in [0.4, 0.5) is 0 Å². The average Bonchev–Trinajstić information content (AvgIpc) is 3.64. The van der Waals surface area contributed by atoms with E-state index in [0.717, 1.165) is 70.7 Å². The molecule has 0 unspecified atom stereocenters. The lowest BCUT2D eigenvalue weighted by atomic mass is 9.71. The highest BCUT2D eigenvalue weighted by Gasteiger charge is 2.30. The van der Waals surface area contributed by atoms with E-state index in [4.69, 9.17) is 9.40 Å². The normalized spacial score (nSPS) is 18.9. The molecule has 2 atom stereocenters. The SMILES string of the molecule is CC(C)(C)[C@H]1CCc2nc3sc(C(=O)N[C@H](CCN4CCCCC4)c4ccc(-c5ccoc5)cc4)cc3cc2C1. The van der Waals surface area contributed by atoms with Crippen LogP contribution in [0.1, 0.15) is 85.4 Å². The molecule has 2 aliphatic rings. The van der Waals surface area contributed by atoms with Crippen LogP contribution in [-0.2, 0) is 12.8 Å². The molecule has 1 fully saturated rings. The summed E-state index contributed by atoms with van der Waals surface area (Å²) in [6, 6.07) is 14.8. The number of rotatable bonds is 7. The van der Waals surface area contributed by atoms with Crippen molar-refractivity contribution in [2.75, 3.05) is 19.6 Å². The highest BCUT2D eigenvalue weighted by atomic mass is 32.1. The summed E-state index contributed by atoms with van der Waals surface area (Å²) in [5.41, 5.74) is 6.20. The smallest absolute Gasteiger partial charge is 0.261 e. The van der Waals surface area contributed by atoms with Crippen molar-refractivity contribution in [1.82, 2.24) is 15.2 Å². The topological polar surface area (TPSA) is 58.4 Å². The summed E-state index contributed by atoms with van der Waals surface area (Å²) in [7, 11) is 0. The van der Waals surface area contributed by atoms with E-state index in [9.17, 15) is 4.79 Å². The minimum atomic E-state index is -0.0493. The van der Waals surface area contributed by atoms with E-state index < -0.39 is 0 Å². The van der Waals surface area contributed by atoms with Gasteiger partial charge in [0.05, 0.1) is 23.4 Å². The van der Waals surface area contributed by atoms with Crippen LogP contribution in [0.25, 0.3) is 21.3 Å². The lowest BCUT2D eigenvalue weighted by Crippen LogP contribution is -2.35. The molecule has 0 spiro atoms. The molecule has 1 aromatic carbocycles. The Morgan fingerprint density at radius 1 is 1.10 bits per heavy atom. The molecule has 5 nitrogen and oxygen atoms in total. The molecule has 4 aromatic rings. The van der Waals surface area contributed by atoms with E-state index in [2.05, 4.69) is 61.3 Å². The zero-order chi connectivity index (χ0) is 27.7. The molecule has 0 saturated carbocycles. The van der Waals surface area contributed by atoms with Crippen LogP contribution < -0.4 is 5.32 Å². The first-order valence-corrected chi connectivity index (χ1v) is 15.7. The summed E-state index contributed by atoms with van der Waals surface area (Å²) in [6.45, 7) is 10.3. The van der Waals surface area contributed by atoms with Gasteiger partial charge in [0.15, 0.2) is 0 Å². The van der Waals surface area contributed by atoms with E-state index in [0.29, 0.717) is 11.3 Å². The van der Waals surface area contributed by atoms with Crippen molar-refractivity contribution in [3.05, 3.63) is 76.7 Å². The molecule has 1 amide bonds. The number of amides is 1. The Morgan fingerprint density at radius 3 is 2.62 bits per heavy atom. The molecule has 6 rings (SSSR count). The Balaban J connectivity index is 1.21. The van der Waals surface area contributed by atoms with E-state index in [1.165, 1.54) is 48.3 Å². The predicted molar refractivity (Wildman–Crippen MR) is 164 cm³/mol. The van der Waals surface area contributed by atoms with Crippen molar-refractivity contribution in [2.45, 2.75) is 71.8 Å². The van der Waals surface area contributed by atoms with Gasteiger partial charge in [0.25, 0.3) is 5.91 Å². The number of aryl methyl sites for hydroxylation is 1. The van der Waals surface area contributed by atoms with E-state index >= 15 is 0 Å². The average molecular weight is 556 g/mol. The standard InChI is InChI=1S/C34H41N3O2S/c1-34(2,3)28-11-12-29-26(20-28)19-27-21-31(40-33(27)36-29)32(38)35-30(13-17-37-15-5-4-6-16-37)24-9-7-23(8-10-24)25-14-18-39-22-25/h7-10,14,18-19,21-22,28,30H,4-6,11-13,15-17,20H2,1-3H3,(H,35,38)/t28-,30+/m0/s1. The van der Waals surface area contributed by atoms with Gasteiger partial charge in [-0.25, -0.2) is 4.98 Å². The van der Waals surface area contributed by atoms with Crippen molar-refractivity contribution in [3.63, 3.8) is 0 Å². The van der Waals surface area contributed by atoms with Gasteiger partial charge < -0.3 is 14.6 Å². The summed E-state index contributed by atoms with van der Waals surface area (Å²) < 4.78 is 5.26. The first-order chi connectivity index (χ1) is 19.3. The Morgan fingerprint density at radius 2 is 1.90 bits per heavy atom. The lowest BCUT2D eigenvalue weighted by molar-refractivity contribution is 0.0934. The molecule has 40 heavy (non-hydrogen) atoms. The fourth-order valence-electron chi connectivity index (χ4n) is 6.36. The predicted octanol–water partition coefficient (Wildman–Crippen LogP) is 8.05. The summed E-state index contributed by atoms with van der Waals surface area (Å²) in [5, 5.41) is 4.49. The van der Waals surface area contributed by atoms with Gasteiger partial charge in [-0.3, -0.25) is 4.79 Å². The third-order valence-corrected chi connectivity index (χ3v) is 10.0. The van der Waals surface area contributed by atoms with Crippen molar-refractivity contribution in [1.29, 1.82) is 0 Å². The van der Waals surface area contributed by atoms with Crippen LogP contribution in [0.2, 0.25) is 0 Å². The second kappa shape index (κ2) is 11.5. The van der Waals surface area contributed by atoms with Crippen LogP contribution in [0.3, 0.4) is 0 Å². The zero-order valence-corrected chi connectivity index (χ0v) is 24.9. The summed E-state index contributed by atoms with van der Waals surface area (Å²) in [5.74, 6) is 0.664. The number of nitrogens with one attached hydrogen (secondary N) is 1. The van der Waals surface area contributed by atoms with E-state index in [-0.39, 0.29) is 11.9 Å². The highest BCUT2D eigenvalue weighted by Crippen LogP contribution is 2.38. The van der Waals surface area contributed by atoms with Gasteiger partial charge >= 0.3 is 0 Å². The minimum Gasteiger partial charge on any atom is -0.472 e. The number of hydrogen-bond donors (Lipinski definition) is 1. The second-order valence-corrected chi connectivity index (χ2v) is 13.8. The first kappa shape index (κ1) is 27.2. The molecule has 1 saturated heterocycles. The van der Waals surface area contributed by atoms with Gasteiger partial charge in [0, 0.05) is 23.2 Å². The Hall–Kier alpha value is -2.96. The Kier molecular flexibility index (Phi) is 7.82. The Labute approximate surface area is 242 Å². The summed E-state index contributed by atoms with van der Waals surface area (Å²) in [6.07, 6.45) is 11.5. The molecule has 1 N–H and O–H groups in total. The van der Waals surface area contributed by atoms with Gasteiger partial charge in [0.2, 0.25) is 0 Å². The number of hydrogen-bond acceptors (Lipinski definition) is 5. The Bertz CT molecular complexity index is 1440. The van der Waals surface area contributed by atoms with Crippen LogP contribution in [0, 0.1) is 11.3 Å². The third-order valence-electron chi connectivity index (χ3n) is 8.98. The fraction of sp³-hybridized carbons (Fsp3) is 0.471. The molecule has 1 aliphatic heterocycles. The number of aromatic nitrogens is 1. The zero-order valence-electron chi connectivity index (χ0n) is 24.0. The molecular formula is C34H41N3O2S. The molecule has 3 aromatic heterocycles. The van der Waals surface area contributed by atoms with E-state index in [1.807, 2.05) is 12.1 Å². The van der Waals surface area contributed by atoms with Crippen molar-refractivity contribution >= 4 is 27.5 Å². The van der Waals surface area contributed by atoms with Crippen LogP contribution in [0.15, 0.2) is 59.4 Å². The molecule has 0 radical (unpaired) electrons. The number of fused-ring (bicyclic) bond motifs is 2. The van der Waals surface area contributed by atoms with Crippen LogP contribution in [-0.4, -0.2) is 35.4 Å². The van der Waals surface area contributed by atoms with Crippen LogP contribution >= 0.6 is 11.3 Å². The number of likely N-dealkylation sites (tertiary alicyclic amines) is 1. The second-order valence-electron chi connectivity index (χ2n) is 12.8. The maximum Gasteiger partial charge on any atom is 0.261 e. The number of carbonyl (C=O) groups is 1. The van der Waals surface area contributed by atoms with Gasteiger partial charge in [-0.1, -0.05) is 51.5 Å². The monoisotopic (exact) mass is 555 g/mol. The molecule has 1 aliphatic carbocycles. The number of furan rings is 1. The molecule has 0 bridgehead atoms. The number of benzene rings is 1. The molecular weight excluding hydrogens is 514 g/mol. The van der Waals surface area contributed by atoms with Crippen LogP contribution in [0.5, 0.6) is 0 Å². The maximum absolute atomic E-state index is 13.7. The number of thiophene rings is 1. The van der Waals surface area contributed by atoms with Gasteiger partial charge in [-0.15, -0.1) is 11.3 Å². The number of piperidine rings is 1. The summed E-state index contributed by atoms with van der Waals surface area (Å²) >= 11 is 1.52. The van der Waals surface area contributed by atoms with Crippen molar-refractivity contribution in [2.24, 2.45) is 11.3 Å².